The number of hydrogen-bond donors (Lipinski definition) is 1. The summed E-state index contributed by atoms with van der Waals surface area (Å²) in [5.74, 6) is -2.20. The fourth-order valence-corrected chi connectivity index (χ4v) is 2.21. The monoisotopic (exact) mass is 301 g/mol. The topological polar surface area (TPSA) is 46.9 Å². The van der Waals surface area contributed by atoms with Crippen molar-refractivity contribution in [2.45, 2.75) is 13.0 Å². The van der Waals surface area contributed by atoms with Gasteiger partial charge < -0.3 is 9.88 Å². The summed E-state index contributed by atoms with van der Waals surface area (Å²) in [5, 5.41) is 2.54. The minimum absolute atomic E-state index is 0.208. The van der Waals surface area contributed by atoms with Crippen molar-refractivity contribution < 1.29 is 13.6 Å². The van der Waals surface area contributed by atoms with Crippen LogP contribution >= 0.6 is 0 Å². The zero-order valence-corrected chi connectivity index (χ0v) is 11.6. The van der Waals surface area contributed by atoms with E-state index in [-0.39, 0.29) is 18.0 Å². The summed E-state index contributed by atoms with van der Waals surface area (Å²) in [4.78, 5) is 16.1. The number of carbonyl (C=O) groups excluding carboxylic acids is 1. The molecular formula is C16H13F2N3O. The molecule has 1 N–H and O–H groups in total. The van der Waals surface area contributed by atoms with Crippen LogP contribution in [0.3, 0.4) is 0 Å². The van der Waals surface area contributed by atoms with Crippen LogP contribution in [0.2, 0.25) is 0 Å². The smallest absolute Gasteiger partial charge is 0.226 e. The quantitative estimate of drug-likeness (QED) is 0.803. The van der Waals surface area contributed by atoms with Crippen LogP contribution in [0.4, 0.5) is 14.5 Å². The molecule has 1 heterocycles. The lowest BCUT2D eigenvalue weighted by Gasteiger charge is -2.07. The van der Waals surface area contributed by atoms with Gasteiger partial charge in [0.1, 0.15) is 0 Å². The highest BCUT2D eigenvalue weighted by Gasteiger charge is 2.08. The van der Waals surface area contributed by atoms with Gasteiger partial charge in [0.05, 0.1) is 17.4 Å². The zero-order valence-electron chi connectivity index (χ0n) is 11.6. The second kappa shape index (κ2) is 5.93. The largest absolute Gasteiger partial charge is 0.330 e. The van der Waals surface area contributed by atoms with Crippen molar-refractivity contribution >= 4 is 22.6 Å². The number of hydrogen-bond acceptors (Lipinski definition) is 2. The highest BCUT2D eigenvalue weighted by Crippen LogP contribution is 2.15. The number of anilines is 1. The summed E-state index contributed by atoms with van der Waals surface area (Å²) in [6.07, 6.45) is 1.88. The Morgan fingerprint density at radius 3 is 2.77 bits per heavy atom. The van der Waals surface area contributed by atoms with E-state index in [9.17, 15) is 13.6 Å². The van der Waals surface area contributed by atoms with Gasteiger partial charge in [-0.25, -0.2) is 13.8 Å². The molecule has 112 valence electrons. The number of aryl methyl sites for hydroxylation is 1. The Kier molecular flexibility index (Phi) is 3.82. The summed E-state index contributed by atoms with van der Waals surface area (Å²) in [7, 11) is 0. The Bertz CT molecular complexity index is 829. The van der Waals surface area contributed by atoms with Gasteiger partial charge in [-0.15, -0.1) is 0 Å². The molecule has 0 saturated heterocycles. The molecule has 0 aliphatic rings. The molecule has 0 atom stereocenters. The van der Waals surface area contributed by atoms with Crippen molar-refractivity contribution in [3.63, 3.8) is 0 Å². The van der Waals surface area contributed by atoms with Crippen LogP contribution in [-0.2, 0) is 11.3 Å². The van der Waals surface area contributed by atoms with E-state index >= 15 is 0 Å². The van der Waals surface area contributed by atoms with Crippen molar-refractivity contribution in [2.24, 2.45) is 0 Å². The van der Waals surface area contributed by atoms with Crippen LogP contribution in [0.25, 0.3) is 11.0 Å². The maximum atomic E-state index is 13.1. The van der Waals surface area contributed by atoms with E-state index in [2.05, 4.69) is 10.3 Å². The van der Waals surface area contributed by atoms with Crippen molar-refractivity contribution in [1.82, 2.24) is 9.55 Å². The van der Waals surface area contributed by atoms with Crippen LogP contribution in [-0.4, -0.2) is 15.5 Å². The number of rotatable bonds is 4. The molecule has 3 aromatic rings. The van der Waals surface area contributed by atoms with Gasteiger partial charge in [0.15, 0.2) is 11.6 Å². The predicted octanol–water partition coefficient (Wildman–Crippen LogP) is 3.34. The third-order valence-electron chi connectivity index (χ3n) is 3.31. The minimum Gasteiger partial charge on any atom is -0.330 e. The van der Waals surface area contributed by atoms with Gasteiger partial charge in [0.2, 0.25) is 5.91 Å². The van der Waals surface area contributed by atoms with Crippen LogP contribution in [0, 0.1) is 11.6 Å². The van der Waals surface area contributed by atoms with E-state index in [4.69, 9.17) is 0 Å². The molecule has 1 amide bonds. The predicted molar refractivity (Wildman–Crippen MR) is 79.3 cm³/mol. The number of nitrogens with zero attached hydrogens (tertiary/aromatic N) is 2. The number of nitrogens with one attached hydrogen (secondary N) is 1. The van der Waals surface area contributed by atoms with E-state index in [1.54, 1.807) is 6.33 Å². The fourth-order valence-electron chi connectivity index (χ4n) is 2.21. The normalized spacial score (nSPS) is 10.8. The van der Waals surface area contributed by atoms with Crippen LogP contribution in [0.5, 0.6) is 0 Å². The molecule has 4 nitrogen and oxygen atoms in total. The third-order valence-corrected chi connectivity index (χ3v) is 3.31. The van der Waals surface area contributed by atoms with E-state index in [1.165, 1.54) is 6.07 Å². The Balaban J connectivity index is 1.63. The molecule has 0 radical (unpaired) electrons. The molecule has 0 spiro atoms. The first-order chi connectivity index (χ1) is 10.6. The summed E-state index contributed by atoms with van der Waals surface area (Å²) < 4.78 is 27.8. The van der Waals surface area contributed by atoms with E-state index < -0.39 is 11.6 Å². The molecule has 22 heavy (non-hydrogen) atoms. The Labute approximate surface area is 125 Å². The Morgan fingerprint density at radius 1 is 1.14 bits per heavy atom. The molecule has 0 saturated carbocycles. The first-order valence-corrected chi connectivity index (χ1v) is 6.78. The number of carbonyl (C=O) groups is 1. The molecule has 0 bridgehead atoms. The van der Waals surface area contributed by atoms with Crippen molar-refractivity contribution in [3.05, 3.63) is 60.4 Å². The lowest BCUT2D eigenvalue weighted by Crippen LogP contribution is -2.14. The summed E-state index contributed by atoms with van der Waals surface area (Å²) in [6.45, 7) is 0.454. The number of aromatic nitrogens is 2. The molecule has 3 rings (SSSR count). The van der Waals surface area contributed by atoms with Crippen molar-refractivity contribution in [1.29, 1.82) is 0 Å². The van der Waals surface area contributed by atoms with Gasteiger partial charge >= 0.3 is 0 Å². The standard InChI is InChI=1S/C16H13F2N3O/c17-12-6-5-11(9-13(12)18)20-16(22)7-8-21-10-19-14-3-1-2-4-15(14)21/h1-6,9-10H,7-8H2,(H,20,22). The summed E-state index contributed by atoms with van der Waals surface area (Å²) in [6, 6.07) is 10.9. The van der Waals surface area contributed by atoms with Gasteiger partial charge in [-0.05, 0) is 24.3 Å². The molecule has 0 aliphatic carbocycles. The molecule has 0 fully saturated rings. The number of fused-ring (bicyclic) bond motifs is 1. The lowest BCUT2D eigenvalue weighted by molar-refractivity contribution is -0.116. The maximum Gasteiger partial charge on any atom is 0.226 e. The molecule has 2 aromatic carbocycles. The summed E-state index contributed by atoms with van der Waals surface area (Å²) in [5.41, 5.74) is 2.05. The van der Waals surface area contributed by atoms with Gasteiger partial charge in [-0.2, -0.15) is 0 Å². The molecule has 0 unspecified atom stereocenters. The van der Waals surface area contributed by atoms with Gasteiger partial charge in [-0.3, -0.25) is 4.79 Å². The lowest BCUT2D eigenvalue weighted by atomic mass is 10.2. The van der Waals surface area contributed by atoms with Crippen LogP contribution in [0.1, 0.15) is 6.42 Å². The van der Waals surface area contributed by atoms with Gasteiger partial charge in [0.25, 0.3) is 0 Å². The fraction of sp³-hybridized carbons (Fsp3) is 0.125. The third kappa shape index (κ3) is 2.95. The number of imidazole rings is 1. The van der Waals surface area contributed by atoms with Crippen molar-refractivity contribution in [3.8, 4) is 0 Å². The molecule has 1 aromatic heterocycles. The highest BCUT2D eigenvalue weighted by molar-refractivity contribution is 5.90. The van der Waals surface area contributed by atoms with Crippen LogP contribution < -0.4 is 5.32 Å². The number of benzene rings is 2. The Morgan fingerprint density at radius 2 is 1.95 bits per heavy atom. The average Bonchev–Trinajstić information content (AvgIpc) is 2.92. The van der Waals surface area contributed by atoms with Crippen LogP contribution in [0.15, 0.2) is 48.8 Å². The number of halogens is 2. The highest BCUT2D eigenvalue weighted by atomic mass is 19.2. The number of amides is 1. The van der Waals surface area contributed by atoms with Gasteiger partial charge in [0, 0.05) is 24.7 Å². The second-order valence-corrected chi connectivity index (χ2v) is 4.85. The van der Waals surface area contributed by atoms with E-state index in [0.29, 0.717) is 6.54 Å². The molecule has 6 heteroatoms. The maximum absolute atomic E-state index is 13.1. The van der Waals surface area contributed by atoms with E-state index in [1.807, 2.05) is 28.8 Å². The summed E-state index contributed by atoms with van der Waals surface area (Å²) >= 11 is 0. The van der Waals surface area contributed by atoms with Crippen molar-refractivity contribution in [2.75, 3.05) is 5.32 Å². The Hall–Kier alpha value is -2.76. The first-order valence-electron chi connectivity index (χ1n) is 6.78. The molecule has 0 aliphatic heterocycles. The van der Waals surface area contributed by atoms with E-state index in [0.717, 1.165) is 23.2 Å². The van der Waals surface area contributed by atoms with Gasteiger partial charge in [-0.1, -0.05) is 12.1 Å². The zero-order chi connectivity index (χ0) is 15.5. The minimum atomic E-state index is -0.988. The average molecular weight is 301 g/mol. The SMILES string of the molecule is O=C(CCn1cnc2ccccc21)Nc1ccc(F)c(F)c1. The second-order valence-electron chi connectivity index (χ2n) is 4.85. The number of para-hydroxylation sites is 2. The molecular weight excluding hydrogens is 288 g/mol. The first kappa shape index (κ1) is 14.2.